The fourth-order valence-electron chi connectivity index (χ4n) is 1.88. The lowest BCUT2D eigenvalue weighted by Gasteiger charge is -2.29. The Labute approximate surface area is 97.6 Å². The molecular formula is C9H15IN4. The van der Waals surface area contributed by atoms with E-state index in [1.807, 2.05) is 10.9 Å². The van der Waals surface area contributed by atoms with Crippen LogP contribution in [0.4, 0.5) is 5.82 Å². The lowest BCUT2D eigenvalue weighted by Crippen LogP contribution is -2.32. The average Bonchev–Trinajstić information content (AvgIpc) is 2.50. The van der Waals surface area contributed by atoms with E-state index in [1.165, 1.54) is 0 Å². The van der Waals surface area contributed by atoms with Crippen molar-refractivity contribution in [3.8, 4) is 0 Å². The molecule has 0 saturated carbocycles. The summed E-state index contributed by atoms with van der Waals surface area (Å²) in [6, 6.07) is 0.495. The third-order valence-electron chi connectivity index (χ3n) is 2.82. The molecule has 0 aromatic carbocycles. The summed E-state index contributed by atoms with van der Waals surface area (Å²) in [5.41, 5.74) is 5.95. The minimum absolute atomic E-state index is 0.495. The van der Waals surface area contributed by atoms with Gasteiger partial charge < -0.3 is 10.6 Å². The second kappa shape index (κ2) is 4.06. The van der Waals surface area contributed by atoms with Crippen LogP contribution < -0.4 is 5.73 Å². The van der Waals surface area contributed by atoms with Gasteiger partial charge in [-0.15, -0.1) is 0 Å². The lowest BCUT2D eigenvalue weighted by atomic mass is 10.1. The number of nitrogens with two attached hydrogens (primary N) is 1. The quantitative estimate of drug-likeness (QED) is 0.797. The predicted molar refractivity (Wildman–Crippen MR) is 65.1 cm³/mol. The zero-order chi connectivity index (χ0) is 10.1. The van der Waals surface area contributed by atoms with Crippen molar-refractivity contribution in [2.75, 3.05) is 25.9 Å². The van der Waals surface area contributed by atoms with Crippen LogP contribution in [0.3, 0.4) is 0 Å². The summed E-state index contributed by atoms with van der Waals surface area (Å²) >= 11 is 2.23. The van der Waals surface area contributed by atoms with Gasteiger partial charge in [0.2, 0.25) is 0 Å². The Morgan fingerprint density at radius 3 is 2.64 bits per heavy atom. The highest BCUT2D eigenvalue weighted by molar-refractivity contribution is 14.1. The summed E-state index contributed by atoms with van der Waals surface area (Å²) < 4.78 is 3.04. The number of hydrogen-bond acceptors (Lipinski definition) is 3. The largest absolute Gasteiger partial charge is 0.383 e. The van der Waals surface area contributed by atoms with Crippen LogP contribution in [0, 0.1) is 3.57 Å². The van der Waals surface area contributed by atoms with E-state index in [0.29, 0.717) is 6.04 Å². The number of nitrogens with zero attached hydrogens (tertiary/aromatic N) is 3. The van der Waals surface area contributed by atoms with Crippen molar-refractivity contribution in [2.45, 2.75) is 18.9 Å². The molecule has 2 rings (SSSR count). The number of likely N-dealkylation sites (tertiary alicyclic amines) is 1. The minimum Gasteiger partial charge on any atom is -0.383 e. The zero-order valence-corrected chi connectivity index (χ0v) is 10.4. The molecule has 0 aliphatic carbocycles. The molecule has 0 spiro atoms. The van der Waals surface area contributed by atoms with E-state index < -0.39 is 0 Å². The van der Waals surface area contributed by atoms with Crippen LogP contribution in [0.2, 0.25) is 0 Å². The highest BCUT2D eigenvalue weighted by Gasteiger charge is 2.20. The van der Waals surface area contributed by atoms with Gasteiger partial charge in [-0.2, -0.15) is 5.10 Å². The van der Waals surface area contributed by atoms with E-state index in [0.717, 1.165) is 35.3 Å². The van der Waals surface area contributed by atoms with Crippen molar-refractivity contribution in [1.29, 1.82) is 0 Å². The van der Waals surface area contributed by atoms with Crippen LogP contribution in [0.15, 0.2) is 6.20 Å². The molecule has 5 heteroatoms. The molecule has 1 fully saturated rings. The molecule has 1 aromatic heterocycles. The second-order valence-corrected chi connectivity index (χ2v) is 5.02. The maximum Gasteiger partial charge on any atom is 0.135 e. The predicted octanol–water partition coefficient (Wildman–Crippen LogP) is 1.34. The van der Waals surface area contributed by atoms with E-state index in [1.54, 1.807) is 0 Å². The SMILES string of the molecule is CN1CCC(n2ncc(I)c2N)CC1. The normalized spacial score (nSPS) is 20.1. The highest BCUT2D eigenvalue weighted by Crippen LogP contribution is 2.25. The average molecular weight is 306 g/mol. The molecule has 78 valence electrons. The van der Waals surface area contributed by atoms with Crippen molar-refractivity contribution < 1.29 is 0 Å². The van der Waals surface area contributed by atoms with Gasteiger partial charge in [0.05, 0.1) is 15.8 Å². The number of nitrogen functional groups attached to an aromatic ring is 1. The van der Waals surface area contributed by atoms with E-state index in [-0.39, 0.29) is 0 Å². The zero-order valence-electron chi connectivity index (χ0n) is 8.28. The summed E-state index contributed by atoms with van der Waals surface area (Å²) in [5, 5.41) is 4.33. The third kappa shape index (κ3) is 1.88. The van der Waals surface area contributed by atoms with Gasteiger partial charge in [-0.25, -0.2) is 4.68 Å². The van der Waals surface area contributed by atoms with Gasteiger partial charge in [0.15, 0.2) is 0 Å². The van der Waals surface area contributed by atoms with Crippen LogP contribution in [0.25, 0.3) is 0 Å². The topological polar surface area (TPSA) is 47.1 Å². The first-order valence-corrected chi connectivity index (χ1v) is 5.93. The maximum absolute atomic E-state index is 5.95. The first-order valence-electron chi connectivity index (χ1n) is 4.85. The monoisotopic (exact) mass is 306 g/mol. The second-order valence-electron chi connectivity index (χ2n) is 3.86. The van der Waals surface area contributed by atoms with Gasteiger partial charge in [-0.3, -0.25) is 0 Å². The van der Waals surface area contributed by atoms with E-state index in [4.69, 9.17) is 5.73 Å². The fraction of sp³-hybridized carbons (Fsp3) is 0.667. The Hall–Kier alpha value is -0.300. The van der Waals surface area contributed by atoms with Gasteiger partial charge in [0.25, 0.3) is 0 Å². The number of halogens is 1. The van der Waals surface area contributed by atoms with Crippen LogP contribution in [-0.2, 0) is 0 Å². The Morgan fingerprint density at radius 2 is 2.14 bits per heavy atom. The van der Waals surface area contributed by atoms with Crippen molar-refractivity contribution >= 4 is 28.4 Å². The molecule has 0 amide bonds. The van der Waals surface area contributed by atoms with Gasteiger partial charge in [0, 0.05) is 0 Å². The van der Waals surface area contributed by atoms with E-state index in [2.05, 4.69) is 39.6 Å². The lowest BCUT2D eigenvalue weighted by molar-refractivity contribution is 0.214. The van der Waals surface area contributed by atoms with Gasteiger partial charge in [-0.1, -0.05) is 0 Å². The molecule has 2 N–H and O–H groups in total. The summed E-state index contributed by atoms with van der Waals surface area (Å²) in [6.45, 7) is 2.28. The van der Waals surface area contributed by atoms with Gasteiger partial charge in [0.1, 0.15) is 5.82 Å². The van der Waals surface area contributed by atoms with Crippen molar-refractivity contribution in [3.05, 3.63) is 9.77 Å². The minimum atomic E-state index is 0.495. The Morgan fingerprint density at radius 1 is 1.50 bits per heavy atom. The van der Waals surface area contributed by atoms with E-state index >= 15 is 0 Å². The number of anilines is 1. The molecule has 0 unspecified atom stereocenters. The van der Waals surface area contributed by atoms with Crippen molar-refractivity contribution in [1.82, 2.24) is 14.7 Å². The molecule has 14 heavy (non-hydrogen) atoms. The molecule has 0 bridgehead atoms. The molecule has 0 atom stereocenters. The summed E-state index contributed by atoms with van der Waals surface area (Å²) in [5.74, 6) is 0.820. The van der Waals surface area contributed by atoms with Crippen molar-refractivity contribution in [3.63, 3.8) is 0 Å². The molecule has 4 nitrogen and oxygen atoms in total. The maximum atomic E-state index is 5.95. The number of aromatic nitrogens is 2. The molecule has 1 saturated heterocycles. The van der Waals surface area contributed by atoms with Crippen LogP contribution in [0.1, 0.15) is 18.9 Å². The smallest absolute Gasteiger partial charge is 0.135 e. The summed E-state index contributed by atoms with van der Waals surface area (Å²) in [6.07, 6.45) is 4.14. The van der Waals surface area contributed by atoms with Gasteiger partial charge in [-0.05, 0) is 55.6 Å². The third-order valence-corrected chi connectivity index (χ3v) is 3.65. The first kappa shape index (κ1) is 10.2. The van der Waals surface area contributed by atoms with Gasteiger partial charge >= 0.3 is 0 Å². The fourth-order valence-corrected chi connectivity index (χ4v) is 2.25. The molecule has 2 heterocycles. The Balaban J connectivity index is 2.12. The number of piperidine rings is 1. The van der Waals surface area contributed by atoms with Crippen LogP contribution >= 0.6 is 22.6 Å². The highest BCUT2D eigenvalue weighted by atomic mass is 127. The Bertz CT molecular complexity index is 315. The summed E-state index contributed by atoms with van der Waals surface area (Å²) in [4.78, 5) is 2.35. The number of rotatable bonds is 1. The molecular weight excluding hydrogens is 291 g/mol. The van der Waals surface area contributed by atoms with Crippen LogP contribution in [0.5, 0.6) is 0 Å². The molecule has 1 aliphatic rings. The molecule has 1 aromatic rings. The summed E-state index contributed by atoms with van der Waals surface area (Å²) in [7, 11) is 2.16. The van der Waals surface area contributed by atoms with Crippen molar-refractivity contribution in [2.24, 2.45) is 0 Å². The standard InChI is InChI=1S/C9H15IN4/c1-13-4-2-7(3-5-13)14-9(11)8(10)6-12-14/h6-7H,2-5,11H2,1H3. The molecule has 1 aliphatic heterocycles. The molecule has 0 radical (unpaired) electrons. The van der Waals surface area contributed by atoms with E-state index in [9.17, 15) is 0 Å². The van der Waals surface area contributed by atoms with Crippen LogP contribution in [-0.4, -0.2) is 34.8 Å². The first-order chi connectivity index (χ1) is 6.68. The Kier molecular flexibility index (Phi) is 2.96. The number of hydrogen-bond donors (Lipinski definition) is 1.